The monoisotopic (exact) mass is 332 g/mol. The highest BCUT2D eigenvalue weighted by molar-refractivity contribution is 7.10. The normalized spacial score (nSPS) is 18.6. The highest BCUT2D eigenvalue weighted by atomic mass is 32.1. The lowest BCUT2D eigenvalue weighted by atomic mass is 10.0. The van der Waals surface area contributed by atoms with Gasteiger partial charge in [0, 0.05) is 17.1 Å². The number of hydrogen-bond acceptors (Lipinski definition) is 6. The Morgan fingerprint density at radius 2 is 2.13 bits per heavy atom. The summed E-state index contributed by atoms with van der Waals surface area (Å²) in [6, 6.07) is 7.47. The molecule has 2 heterocycles. The van der Waals surface area contributed by atoms with E-state index in [1.807, 2.05) is 31.3 Å². The van der Waals surface area contributed by atoms with Crippen molar-refractivity contribution in [3.63, 3.8) is 0 Å². The van der Waals surface area contributed by atoms with Crippen molar-refractivity contribution in [2.24, 2.45) is 0 Å². The Hall–Kier alpha value is -1.99. The number of ether oxygens (including phenoxy) is 1. The molecule has 122 valence electrons. The van der Waals surface area contributed by atoms with Crippen molar-refractivity contribution < 1.29 is 9.53 Å². The standard InChI is InChI=1S/C16H20N4O2S/c1-20-10-4-3-5-13(20)15(21)18-16-17-14(19-23-16)11-6-8-12(22-2)9-7-11/h6-9,13H,3-5,10H2,1-2H3,(H,17,18,19,21). The van der Waals surface area contributed by atoms with E-state index < -0.39 is 0 Å². The van der Waals surface area contributed by atoms with E-state index in [2.05, 4.69) is 19.6 Å². The van der Waals surface area contributed by atoms with E-state index in [0.29, 0.717) is 11.0 Å². The summed E-state index contributed by atoms with van der Waals surface area (Å²) >= 11 is 1.21. The van der Waals surface area contributed by atoms with Crippen LogP contribution < -0.4 is 10.1 Å². The lowest BCUT2D eigenvalue weighted by Gasteiger charge is -2.30. The maximum absolute atomic E-state index is 12.4. The smallest absolute Gasteiger partial charge is 0.243 e. The van der Waals surface area contributed by atoms with Gasteiger partial charge in [0.2, 0.25) is 11.0 Å². The molecule has 0 saturated carbocycles. The zero-order valence-corrected chi connectivity index (χ0v) is 14.1. The molecule has 0 bridgehead atoms. The van der Waals surface area contributed by atoms with E-state index >= 15 is 0 Å². The molecular formula is C16H20N4O2S. The third-order valence-corrected chi connectivity index (χ3v) is 4.71. The molecular weight excluding hydrogens is 312 g/mol. The molecule has 0 radical (unpaired) electrons. The zero-order valence-electron chi connectivity index (χ0n) is 13.3. The van der Waals surface area contributed by atoms with Crippen LogP contribution in [-0.4, -0.2) is 46.9 Å². The van der Waals surface area contributed by atoms with Crippen molar-refractivity contribution in [2.75, 3.05) is 26.0 Å². The molecule has 1 saturated heterocycles. The zero-order chi connectivity index (χ0) is 16.2. The number of carbonyl (C=O) groups excluding carboxylic acids is 1. The highest BCUT2D eigenvalue weighted by Crippen LogP contribution is 2.24. The Morgan fingerprint density at radius 3 is 2.83 bits per heavy atom. The minimum atomic E-state index is -0.0721. The second-order valence-electron chi connectivity index (χ2n) is 5.63. The molecule has 1 aromatic heterocycles. The van der Waals surface area contributed by atoms with Gasteiger partial charge in [-0.25, -0.2) is 0 Å². The summed E-state index contributed by atoms with van der Waals surface area (Å²) in [4.78, 5) is 18.9. The number of rotatable bonds is 4. The van der Waals surface area contributed by atoms with Crippen LogP contribution in [0.1, 0.15) is 19.3 Å². The molecule has 1 aliphatic heterocycles. The van der Waals surface area contributed by atoms with Gasteiger partial charge in [-0.05, 0) is 50.7 Å². The minimum absolute atomic E-state index is 0.00429. The van der Waals surface area contributed by atoms with Crippen LogP contribution in [0.3, 0.4) is 0 Å². The molecule has 1 amide bonds. The summed E-state index contributed by atoms with van der Waals surface area (Å²) < 4.78 is 9.46. The number of likely N-dealkylation sites (N-methyl/N-ethyl adjacent to an activating group) is 1. The van der Waals surface area contributed by atoms with Gasteiger partial charge in [0.25, 0.3) is 0 Å². The Morgan fingerprint density at radius 1 is 1.35 bits per heavy atom. The summed E-state index contributed by atoms with van der Waals surface area (Å²) in [5, 5.41) is 3.44. The quantitative estimate of drug-likeness (QED) is 0.932. The molecule has 1 aliphatic rings. The van der Waals surface area contributed by atoms with E-state index in [1.54, 1.807) is 7.11 Å². The molecule has 23 heavy (non-hydrogen) atoms. The van der Waals surface area contributed by atoms with Crippen LogP contribution in [0.25, 0.3) is 11.4 Å². The van der Waals surface area contributed by atoms with Crippen LogP contribution in [0.15, 0.2) is 24.3 Å². The van der Waals surface area contributed by atoms with Gasteiger partial charge in [-0.1, -0.05) is 6.42 Å². The molecule has 3 rings (SSSR count). The summed E-state index contributed by atoms with van der Waals surface area (Å²) in [6.45, 7) is 0.964. The van der Waals surface area contributed by atoms with Crippen LogP contribution in [0, 0.1) is 0 Å². The summed E-state index contributed by atoms with van der Waals surface area (Å²) in [5.74, 6) is 1.41. The van der Waals surface area contributed by atoms with Gasteiger partial charge in [-0.15, -0.1) is 0 Å². The average Bonchev–Trinajstić information content (AvgIpc) is 3.03. The number of carbonyl (C=O) groups is 1. The lowest BCUT2D eigenvalue weighted by molar-refractivity contribution is -0.121. The van der Waals surface area contributed by atoms with Crippen molar-refractivity contribution >= 4 is 22.6 Å². The first-order chi connectivity index (χ1) is 11.2. The number of nitrogens with zero attached hydrogens (tertiary/aromatic N) is 3. The van der Waals surface area contributed by atoms with Crippen LogP contribution in [0.2, 0.25) is 0 Å². The fourth-order valence-corrected chi connectivity index (χ4v) is 3.32. The predicted octanol–water partition coefficient (Wildman–Crippen LogP) is 2.64. The topological polar surface area (TPSA) is 67.3 Å². The number of anilines is 1. The molecule has 2 aromatic rings. The first-order valence-electron chi connectivity index (χ1n) is 7.66. The third kappa shape index (κ3) is 3.68. The van der Waals surface area contributed by atoms with Crippen LogP contribution in [0.5, 0.6) is 5.75 Å². The number of hydrogen-bond donors (Lipinski definition) is 1. The van der Waals surface area contributed by atoms with Gasteiger partial charge in [0.05, 0.1) is 13.2 Å². The van der Waals surface area contributed by atoms with E-state index in [0.717, 1.165) is 37.1 Å². The van der Waals surface area contributed by atoms with E-state index in [1.165, 1.54) is 11.5 Å². The Kier molecular flexibility index (Phi) is 4.88. The van der Waals surface area contributed by atoms with E-state index in [9.17, 15) is 4.79 Å². The number of likely N-dealkylation sites (tertiary alicyclic amines) is 1. The Labute approximate surface area is 139 Å². The first kappa shape index (κ1) is 15.9. The first-order valence-corrected chi connectivity index (χ1v) is 8.44. The fourth-order valence-electron chi connectivity index (χ4n) is 2.73. The van der Waals surface area contributed by atoms with E-state index in [4.69, 9.17) is 4.74 Å². The van der Waals surface area contributed by atoms with Gasteiger partial charge >= 0.3 is 0 Å². The van der Waals surface area contributed by atoms with Crippen molar-refractivity contribution in [2.45, 2.75) is 25.3 Å². The molecule has 6 nitrogen and oxygen atoms in total. The van der Waals surface area contributed by atoms with Crippen molar-refractivity contribution in [3.8, 4) is 17.1 Å². The SMILES string of the molecule is COc1ccc(-c2nsc(NC(=O)C3CCCCN3C)n2)cc1. The molecule has 7 heteroatoms. The largest absolute Gasteiger partial charge is 0.497 e. The third-order valence-electron chi connectivity index (χ3n) is 4.08. The van der Waals surface area contributed by atoms with Gasteiger partial charge in [0.15, 0.2) is 5.82 Å². The summed E-state index contributed by atoms with van der Waals surface area (Å²) in [7, 11) is 3.62. The Balaban J connectivity index is 1.67. The molecule has 1 N–H and O–H groups in total. The molecule has 0 aliphatic carbocycles. The van der Waals surface area contributed by atoms with Gasteiger partial charge in [-0.2, -0.15) is 9.36 Å². The van der Waals surface area contributed by atoms with Gasteiger partial charge in [0.1, 0.15) is 5.75 Å². The number of benzene rings is 1. The maximum atomic E-state index is 12.4. The van der Waals surface area contributed by atoms with Crippen LogP contribution in [-0.2, 0) is 4.79 Å². The Bertz CT molecular complexity index is 671. The fraction of sp³-hybridized carbons (Fsp3) is 0.438. The second kappa shape index (κ2) is 7.06. The van der Waals surface area contributed by atoms with Crippen LogP contribution in [0.4, 0.5) is 5.13 Å². The number of aromatic nitrogens is 2. The molecule has 1 aromatic carbocycles. The van der Waals surface area contributed by atoms with Gasteiger partial charge < -0.3 is 4.74 Å². The van der Waals surface area contributed by atoms with E-state index in [-0.39, 0.29) is 11.9 Å². The molecule has 1 fully saturated rings. The predicted molar refractivity (Wildman–Crippen MR) is 90.8 cm³/mol. The molecule has 1 unspecified atom stereocenters. The van der Waals surface area contributed by atoms with Crippen LogP contribution >= 0.6 is 11.5 Å². The second-order valence-corrected chi connectivity index (χ2v) is 6.38. The van der Waals surface area contributed by atoms with Gasteiger partial charge in [-0.3, -0.25) is 15.0 Å². The number of methoxy groups -OCH3 is 1. The summed E-state index contributed by atoms with van der Waals surface area (Å²) in [5.41, 5.74) is 0.900. The highest BCUT2D eigenvalue weighted by Gasteiger charge is 2.26. The number of amides is 1. The number of piperidine rings is 1. The van der Waals surface area contributed by atoms with Crippen molar-refractivity contribution in [1.82, 2.24) is 14.3 Å². The van der Waals surface area contributed by atoms with Crippen molar-refractivity contribution in [3.05, 3.63) is 24.3 Å². The van der Waals surface area contributed by atoms with Crippen molar-refractivity contribution in [1.29, 1.82) is 0 Å². The molecule has 1 atom stereocenters. The lowest BCUT2D eigenvalue weighted by Crippen LogP contribution is -2.44. The molecule has 0 spiro atoms. The summed E-state index contributed by atoms with van der Waals surface area (Å²) in [6.07, 6.45) is 3.14. The minimum Gasteiger partial charge on any atom is -0.497 e. The maximum Gasteiger partial charge on any atom is 0.243 e. The number of nitrogens with one attached hydrogen (secondary N) is 1. The average molecular weight is 332 g/mol.